The van der Waals surface area contributed by atoms with Crippen LogP contribution in [0.15, 0.2) is 24.3 Å². The Hall–Kier alpha value is -1.79. The maximum absolute atomic E-state index is 12.7. The monoisotopic (exact) mass is 287 g/mol. The molecule has 0 N–H and O–H groups in total. The van der Waals surface area contributed by atoms with Crippen molar-refractivity contribution < 1.29 is 9.31 Å². The summed E-state index contributed by atoms with van der Waals surface area (Å²) in [6.45, 7) is 0. The Bertz CT molecular complexity index is 596. The average Bonchev–Trinajstić information content (AvgIpc) is 2.28. The zero-order valence-electron chi connectivity index (χ0n) is 8.60. The van der Waals surface area contributed by atoms with Crippen LogP contribution < -0.4 is 0 Å². The molecular formula is C10H4Cl2FN3O2. The molecule has 0 saturated carbocycles. The minimum atomic E-state index is -0.765. The molecule has 0 radical (unpaired) electrons. The van der Waals surface area contributed by atoms with Crippen LogP contribution in [0.2, 0.25) is 10.3 Å². The van der Waals surface area contributed by atoms with Gasteiger partial charge in [-0.25, -0.2) is 14.4 Å². The van der Waals surface area contributed by atoms with E-state index in [9.17, 15) is 14.5 Å². The van der Waals surface area contributed by atoms with Gasteiger partial charge in [-0.2, -0.15) is 0 Å². The van der Waals surface area contributed by atoms with Gasteiger partial charge in [0, 0.05) is 5.56 Å². The molecule has 18 heavy (non-hydrogen) atoms. The van der Waals surface area contributed by atoms with Gasteiger partial charge >= 0.3 is 5.69 Å². The van der Waals surface area contributed by atoms with Gasteiger partial charge < -0.3 is 0 Å². The fourth-order valence-electron chi connectivity index (χ4n) is 1.28. The van der Waals surface area contributed by atoms with E-state index in [1.807, 2.05) is 0 Å². The van der Waals surface area contributed by atoms with Crippen molar-refractivity contribution in [2.24, 2.45) is 0 Å². The molecule has 5 nitrogen and oxygen atoms in total. The molecule has 8 heteroatoms. The van der Waals surface area contributed by atoms with Gasteiger partial charge in [0.1, 0.15) is 5.82 Å². The van der Waals surface area contributed by atoms with Crippen LogP contribution >= 0.6 is 23.2 Å². The van der Waals surface area contributed by atoms with Crippen LogP contribution in [0, 0.1) is 15.9 Å². The summed E-state index contributed by atoms with van der Waals surface area (Å²) in [4.78, 5) is 17.4. The van der Waals surface area contributed by atoms with E-state index in [-0.39, 0.29) is 16.1 Å². The van der Waals surface area contributed by atoms with Gasteiger partial charge in [0.15, 0.2) is 5.82 Å². The van der Waals surface area contributed by atoms with Gasteiger partial charge in [-0.3, -0.25) is 10.1 Å². The molecule has 1 aromatic heterocycles. The van der Waals surface area contributed by atoms with Gasteiger partial charge in [-0.1, -0.05) is 23.2 Å². The molecule has 92 valence electrons. The van der Waals surface area contributed by atoms with Gasteiger partial charge in [0.05, 0.1) is 4.92 Å². The van der Waals surface area contributed by atoms with Crippen LogP contribution in [0.25, 0.3) is 11.4 Å². The highest BCUT2D eigenvalue weighted by molar-refractivity contribution is 6.36. The van der Waals surface area contributed by atoms with Gasteiger partial charge in [0.25, 0.3) is 0 Å². The van der Waals surface area contributed by atoms with E-state index in [1.54, 1.807) is 0 Å². The molecule has 0 aliphatic rings. The molecule has 2 rings (SSSR count). The molecule has 0 aliphatic heterocycles. The lowest BCUT2D eigenvalue weighted by Crippen LogP contribution is -1.98. The molecular weight excluding hydrogens is 284 g/mol. The van der Waals surface area contributed by atoms with E-state index in [0.29, 0.717) is 5.56 Å². The Morgan fingerprint density at radius 1 is 1.11 bits per heavy atom. The molecule has 0 bridgehead atoms. The van der Waals surface area contributed by atoms with E-state index >= 15 is 0 Å². The second kappa shape index (κ2) is 4.83. The first-order chi connectivity index (χ1) is 8.49. The van der Waals surface area contributed by atoms with E-state index in [1.165, 1.54) is 24.3 Å². The van der Waals surface area contributed by atoms with Gasteiger partial charge in [-0.05, 0) is 24.3 Å². The first kappa shape index (κ1) is 12.7. The highest BCUT2D eigenvalue weighted by Gasteiger charge is 2.22. The van der Waals surface area contributed by atoms with Crippen molar-refractivity contribution in [2.75, 3.05) is 0 Å². The third-order valence-electron chi connectivity index (χ3n) is 2.08. The number of rotatable bonds is 2. The molecule has 0 fully saturated rings. The summed E-state index contributed by atoms with van der Waals surface area (Å²) >= 11 is 11.3. The average molecular weight is 288 g/mol. The van der Waals surface area contributed by atoms with Crippen LogP contribution in [-0.2, 0) is 0 Å². The SMILES string of the molecule is O=[N+]([O-])c1c(Cl)nc(-c2ccc(F)cc2)nc1Cl. The summed E-state index contributed by atoms with van der Waals surface area (Å²) in [5, 5.41) is 9.92. The summed E-state index contributed by atoms with van der Waals surface area (Å²) < 4.78 is 12.7. The minimum absolute atomic E-state index is 0.0931. The molecule has 0 unspecified atom stereocenters. The lowest BCUT2D eigenvalue weighted by atomic mass is 10.2. The van der Waals surface area contributed by atoms with Gasteiger partial charge in [-0.15, -0.1) is 0 Å². The summed E-state index contributed by atoms with van der Waals surface area (Å²) in [5.74, 6) is -0.326. The molecule has 1 heterocycles. The maximum Gasteiger partial charge on any atom is 0.343 e. The molecule has 0 atom stereocenters. The van der Waals surface area contributed by atoms with Crippen molar-refractivity contribution in [3.63, 3.8) is 0 Å². The van der Waals surface area contributed by atoms with E-state index in [2.05, 4.69) is 9.97 Å². The number of hydrogen-bond acceptors (Lipinski definition) is 4. The van der Waals surface area contributed by atoms with Crippen LogP contribution in [0.4, 0.5) is 10.1 Å². The predicted octanol–water partition coefficient (Wildman–Crippen LogP) is 3.50. The number of nitrogens with zero attached hydrogens (tertiary/aromatic N) is 3. The smallest absolute Gasteiger partial charge is 0.258 e. The third-order valence-corrected chi connectivity index (χ3v) is 2.61. The summed E-state index contributed by atoms with van der Waals surface area (Å²) in [6, 6.07) is 5.26. The highest BCUT2D eigenvalue weighted by atomic mass is 35.5. The molecule has 2 aromatic rings. The molecule has 0 spiro atoms. The second-order valence-electron chi connectivity index (χ2n) is 3.24. The van der Waals surface area contributed by atoms with Gasteiger partial charge in [0.2, 0.25) is 10.3 Å². The zero-order chi connectivity index (χ0) is 13.3. The van der Waals surface area contributed by atoms with Crippen LogP contribution in [0.3, 0.4) is 0 Å². The molecule has 0 saturated heterocycles. The normalized spacial score (nSPS) is 10.4. The quantitative estimate of drug-likeness (QED) is 0.482. The Morgan fingerprint density at radius 3 is 2.06 bits per heavy atom. The van der Waals surface area contributed by atoms with Crippen molar-refractivity contribution in [1.82, 2.24) is 9.97 Å². The van der Waals surface area contributed by atoms with Crippen molar-refractivity contribution in [2.45, 2.75) is 0 Å². The first-order valence-corrected chi connectivity index (χ1v) is 5.38. The van der Waals surface area contributed by atoms with Crippen molar-refractivity contribution >= 4 is 28.9 Å². The summed E-state index contributed by atoms with van der Waals surface area (Å²) in [5.41, 5.74) is -0.0979. The Kier molecular flexibility index (Phi) is 3.40. The Balaban J connectivity index is 2.54. The number of hydrogen-bond donors (Lipinski definition) is 0. The number of nitro groups is 1. The van der Waals surface area contributed by atoms with Crippen molar-refractivity contribution in [1.29, 1.82) is 0 Å². The molecule has 0 aliphatic carbocycles. The van der Waals surface area contributed by atoms with Crippen LogP contribution in [-0.4, -0.2) is 14.9 Å². The largest absolute Gasteiger partial charge is 0.343 e. The number of halogens is 3. The highest BCUT2D eigenvalue weighted by Crippen LogP contribution is 2.31. The second-order valence-corrected chi connectivity index (χ2v) is 3.96. The van der Waals surface area contributed by atoms with E-state index < -0.39 is 16.4 Å². The minimum Gasteiger partial charge on any atom is -0.258 e. The fourth-order valence-corrected chi connectivity index (χ4v) is 1.81. The van der Waals surface area contributed by atoms with E-state index in [4.69, 9.17) is 23.2 Å². The number of benzene rings is 1. The molecule has 1 aromatic carbocycles. The fraction of sp³-hybridized carbons (Fsp3) is 0. The Labute approximate surface area is 110 Å². The Morgan fingerprint density at radius 2 is 1.61 bits per heavy atom. The van der Waals surface area contributed by atoms with Crippen LogP contribution in [0.5, 0.6) is 0 Å². The summed E-state index contributed by atoms with van der Waals surface area (Å²) in [7, 11) is 0. The lowest BCUT2D eigenvalue weighted by molar-refractivity contribution is -0.385. The van der Waals surface area contributed by atoms with Crippen LogP contribution in [0.1, 0.15) is 0 Å². The first-order valence-electron chi connectivity index (χ1n) is 4.62. The standard InChI is InChI=1S/C10H4Cl2FN3O2/c11-8-7(16(17)18)9(12)15-10(14-8)5-1-3-6(13)4-2-5/h1-4H. The predicted molar refractivity (Wildman–Crippen MR) is 64.1 cm³/mol. The lowest BCUT2D eigenvalue weighted by Gasteiger charge is -2.02. The van der Waals surface area contributed by atoms with E-state index in [0.717, 1.165) is 0 Å². The zero-order valence-corrected chi connectivity index (χ0v) is 10.1. The third kappa shape index (κ3) is 2.39. The van der Waals surface area contributed by atoms with Crippen molar-refractivity contribution in [3.8, 4) is 11.4 Å². The summed E-state index contributed by atoms with van der Waals surface area (Å²) in [6.07, 6.45) is 0. The number of aromatic nitrogens is 2. The van der Waals surface area contributed by atoms with Crippen molar-refractivity contribution in [3.05, 3.63) is 50.5 Å². The molecule has 0 amide bonds. The maximum atomic E-state index is 12.7. The topological polar surface area (TPSA) is 68.9 Å².